The first-order valence-electron chi connectivity index (χ1n) is 8.56. The fourth-order valence-corrected chi connectivity index (χ4v) is 4.26. The summed E-state index contributed by atoms with van der Waals surface area (Å²) in [6.45, 7) is 3.51. The molecule has 0 radical (unpaired) electrons. The molecule has 2 saturated heterocycles. The first kappa shape index (κ1) is 17.8. The van der Waals surface area contributed by atoms with Crippen LogP contribution in [0.3, 0.4) is 0 Å². The topological polar surface area (TPSA) is 105 Å². The monoisotopic (exact) mass is 366 g/mol. The molecule has 0 aromatic carbocycles. The lowest BCUT2D eigenvalue weighted by molar-refractivity contribution is -0.380. The molecule has 3 atom stereocenters. The van der Waals surface area contributed by atoms with E-state index in [2.05, 4.69) is 10.6 Å². The van der Waals surface area contributed by atoms with Crippen LogP contribution >= 0.6 is 11.3 Å². The van der Waals surface area contributed by atoms with Crippen LogP contribution in [-0.4, -0.2) is 52.9 Å². The minimum Gasteiger partial charge on any atom is -0.350 e. The molecule has 8 nitrogen and oxygen atoms in total. The van der Waals surface area contributed by atoms with Crippen molar-refractivity contribution >= 4 is 28.2 Å². The first-order chi connectivity index (χ1) is 12.0. The quantitative estimate of drug-likeness (QED) is 0.621. The van der Waals surface area contributed by atoms with Gasteiger partial charge >= 0.3 is 5.00 Å². The van der Waals surface area contributed by atoms with Crippen LogP contribution in [0.1, 0.15) is 42.3 Å². The largest absolute Gasteiger partial charge is 0.350 e. The SMILES string of the molecule is CC1NCCCC1NC(=O)C1CCCN1C(=O)c1ccc([N+](=O)[O-])s1. The van der Waals surface area contributed by atoms with Gasteiger partial charge in [0.05, 0.1) is 9.80 Å². The Morgan fingerprint density at radius 1 is 1.36 bits per heavy atom. The summed E-state index contributed by atoms with van der Waals surface area (Å²) in [5, 5.41) is 17.2. The third kappa shape index (κ3) is 3.82. The molecule has 136 valence electrons. The summed E-state index contributed by atoms with van der Waals surface area (Å²) < 4.78 is 0. The number of hydrogen-bond donors (Lipinski definition) is 2. The van der Waals surface area contributed by atoms with E-state index in [9.17, 15) is 19.7 Å². The van der Waals surface area contributed by atoms with Gasteiger partial charge in [0.2, 0.25) is 5.91 Å². The second kappa shape index (κ2) is 7.49. The van der Waals surface area contributed by atoms with Gasteiger partial charge < -0.3 is 15.5 Å². The predicted molar refractivity (Wildman–Crippen MR) is 93.7 cm³/mol. The molecule has 0 bridgehead atoms. The molecule has 2 amide bonds. The number of rotatable bonds is 4. The summed E-state index contributed by atoms with van der Waals surface area (Å²) in [4.78, 5) is 37.5. The second-order valence-electron chi connectivity index (χ2n) is 6.55. The zero-order chi connectivity index (χ0) is 18.0. The van der Waals surface area contributed by atoms with Crippen molar-refractivity contribution in [3.05, 3.63) is 27.1 Å². The lowest BCUT2D eigenvalue weighted by Crippen LogP contribution is -2.56. The van der Waals surface area contributed by atoms with Crippen molar-refractivity contribution < 1.29 is 14.5 Å². The zero-order valence-corrected chi connectivity index (χ0v) is 14.9. The Morgan fingerprint density at radius 2 is 2.16 bits per heavy atom. The van der Waals surface area contributed by atoms with E-state index in [0.29, 0.717) is 17.8 Å². The standard InChI is InChI=1S/C16H22N4O4S/c1-10-11(4-2-8-17-10)18-15(21)12-5-3-9-19(12)16(22)13-6-7-14(25-13)20(23)24/h6-7,10-12,17H,2-5,8-9H2,1H3,(H,18,21). The number of amides is 2. The van der Waals surface area contributed by atoms with Crippen LogP contribution in [0.4, 0.5) is 5.00 Å². The molecule has 0 spiro atoms. The van der Waals surface area contributed by atoms with Crippen LogP contribution in [-0.2, 0) is 4.79 Å². The molecule has 1 aromatic heterocycles. The van der Waals surface area contributed by atoms with E-state index in [1.165, 1.54) is 12.1 Å². The number of nitro groups is 1. The number of hydrogen-bond acceptors (Lipinski definition) is 6. The third-order valence-electron chi connectivity index (χ3n) is 4.89. The Kier molecular flexibility index (Phi) is 5.33. The minimum atomic E-state index is -0.507. The third-order valence-corrected chi connectivity index (χ3v) is 5.91. The van der Waals surface area contributed by atoms with Crippen molar-refractivity contribution in [3.63, 3.8) is 0 Å². The van der Waals surface area contributed by atoms with Crippen molar-refractivity contribution in [2.75, 3.05) is 13.1 Å². The van der Waals surface area contributed by atoms with Gasteiger partial charge in [-0.25, -0.2) is 0 Å². The highest BCUT2D eigenvalue weighted by atomic mass is 32.1. The van der Waals surface area contributed by atoms with E-state index in [1.54, 1.807) is 4.90 Å². The second-order valence-corrected chi connectivity index (χ2v) is 7.61. The average Bonchev–Trinajstić information content (AvgIpc) is 3.26. The first-order valence-corrected chi connectivity index (χ1v) is 9.38. The summed E-state index contributed by atoms with van der Waals surface area (Å²) in [6, 6.07) is 2.58. The lowest BCUT2D eigenvalue weighted by atomic mass is 9.99. The van der Waals surface area contributed by atoms with Crippen molar-refractivity contribution in [1.82, 2.24) is 15.5 Å². The number of thiophene rings is 1. The van der Waals surface area contributed by atoms with Gasteiger partial charge in [-0.1, -0.05) is 11.3 Å². The maximum Gasteiger partial charge on any atom is 0.324 e. The van der Waals surface area contributed by atoms with Gasteiger partial charge in [-0.2, -0.15) is 0 Å². The van der Waals surface area contributed by atoms with E-state index in [4.69, 9.17) is 0 Å². The number of piperidine rings is 1. The van der Waals surface area contributed by atoms with E-state index >= 15 is 0 Å². The fraction of sp³-hybridized carbons (Fsp3) is 0.625. The molecule has 2 aliphatic heterocycles. The van der Waals surface area contributed by atoms with E-state index in [-0.39, 0.29) is 28.9 Å². The fourth-order valence-electron chi connectivity index (χ4n) is 3.48. The predicted octanol–water partition coefficient (Wildman–Crippen LogP) is 1.52. The molecule has 1 aromatic rings. The highest BCUT2D eigenvalue weighted by Crippen LogP contribution is 2.28. The van der Waals surface area contributed by atoms with Gasteiger partial charge in [0.25, 0.3) is 5.91 Å². The molecule has 3 heterocycles. The normalized spacial score (nSPS) is 26.4. The van der Waals surface area contributed by atoms with Gasteiger partial charge in [0.15, 0.2) is 0 Å². The maximum atomic E-state index is 12.7. The van der Waals surface area contributed by atoms with Crippen molar-refractivity contribution in [1.29, 1.82) is 0 Å². The molecule has 25 heavy (non-hydrogen) atoms. The molecule has 0 saturated carbocycles. The van der Waals surface area contributed by atoms with Crippen LogP contribution in [0.15, 0.2) is 12.1 Å². The zero-order valence-electron chi connectivity index (χ0n) is 14.1. The Hall–Kier alpha value is -2.00. The van der Waals surface area contributed by atoms with Gasteiger partial charge in [-0.3, -0.25) is 19.7 Å². The molecule has 3 unspecified atom stereocenters. The smallest absolute Gasteiger partial charge is 0.324 e. The minimum absolute atomic E-state index is 0.0642. The highest BCUT2D eigenvalue weighted by molar-refractivity contribution is 7.17. The molecular formula is C16H22N4O4S. The van der Waals surface area contributed by atoms with Gasteiger partial charge in [0, 0.05) is 24.7 Å². The number of carbonyl (C=O) groups excluding carboxylic acids is 2. The van der Waals surface area contributed by atoms with E-state index in [1.807, 2.05) is 6.92 Å². The van der Waals surface area contributed by atoms with Crippen molar-refractivity contribution in [2.24, 2.45) is 0 Å². The highest BCUT2D eigenvalue weighted by Gasteiger charge is 2.37. The number of carbonyl (C=O) groups is 2. The molecular weight excluding hydrogens is 344 g/mol. The number of nitrogens with one attached hydrogen (secondary N) is 2. The van der Waals surface area contributed by atoms with E-state index in [0.717, 1.165) is 37.1 Å². The van der Waals surface area contributed by atoms with Gasteiger partial charge in [0.1, 0.15) is 6.04 Å². The van der Waals surface area contributed by atoms with Gasteiger partial charge in [-0.15, -0.1) is 0 Å². The van der Waals surface area contributed by atoms with Gasteiger partial charge in [-0.05, 0) is 45.2 Å². The Balaban J connectivity index is 1.67. The summed E-state index contributed by atoms with van der Waals surface area (Å²) in [7, 11) is 0. The summed E-state index contributed by atoms with van der Waals surface area (Å²) in [6.07, 6.45) is 3.33. The van der Waals surface area contributed by atoms with Crippen LogP contribution in [0.2, 0.25) is 0 Å². The number of likely N-dealkylation sites (tertiary alicyclic amines) is 1. The Morgan fingerprint density at radius 3 is 2.84 bits per heavy atom. The molecule has 2 fully saturated rings. The lowest BCUT2D eigenvalue weighted by Gasteiger charge is -2.32. The molecule has 2 aliphatic rings. The summed E-state index contributed by atoms with van der Waals surface area (Å²) in [5.74, 6) is -0.428. The Labute approximate surface area is 149 Å². The molecule has 2 N–H and O–H groups in total. The summed E-state index contributed by atoms with van der Waals surface area (Å²) >= 11 is 0.854. The summed E-state index contributed by atoms with van der Waals surface area (Å²) in [5.41, 5.74) is 0. The molecule has 0 aliphatic carbocycles. The van der Waals surface area contributed by atoms with Crippen LogP contribution in [0, 0.1) is 10.1 Å². The maximum absolute atomic E-state index is 12.7. The van der Waals surface area contributed by atoms with E-state index < -0.39 is 11.0 Å². The van der Waals surface area contributed by atoms with Crippen molar-refractivity contribution in [2.45, 2.75) is 50.7 Å². The molecule has 3 rings (SSSR count). The van der Waals surface area contributed by atoms with Crippen LogP contribution < -0.4 is 10.6 Å². The van der Waals surface area contributed by atoms with Crippen LogP contribution in [0.25, 0.3) is 0 Å². The van der Waals surface area contributed by atoms with Crippen molar-refractivity contribution in [3.8, 4) is 0 Å². The Bertz CT molecular complexity index is 677. The average molecular weight is 366 g/mol. The van der Waals surface area contributed by atoms with Crippen LogP contribution in [0.5, 0.6) is 0 Å². The molecule has 9 heteroatoms. The number of nitrogens with zero attached hydrogens (tertiary/aromatic N) is 2.